The highest BCUT2D eigenvalue weighted by atomic mass is 127. The number of non-ortho nitro benzene ring substituents is 1. The Morgan fingerprint density at radius 2 is 1.96 bits per heavy atom. The van der Waals surface area contributed by atoms with Crippen molar-refractivity contribution in [2.75, 3.05) is 6.54 Å². The number of benzene rings is 2. The first-order valence-electron chi connectivity index (χ1n) is 8.27. The van der Waals surface area contributed by atoms with Gasteiger partial charge >= 0.3 is 6.61 Å². The Kier molecular flexibility index (Phi) is 10.1. The zero-order chi connectivity index (χ0) is 19.6. The van der Waals surface area contributed by atoms with Crippen molar-refractivity contribution >= 4 is 35.6 Å². The molecule has 0 aliphatic carbocycles. The van der Waals surface area contributed by atoms with Gasteiger partial charge in [-0.15, -0.1) is 24.0 Å². The van der Waals surface area contributed by atoms with E-state index in [1.807, 2.05) is 6.92 Å². The maximum Gasteiger partial charge on any atom is 0.387 e. The van der Waals surface area contributed by atoms with Gasteiger partial charge in [0.1, 0.15) is 5.75 Å². The lowest BCUT2D eigenvalue weighted by Gasteiger charge is -2.14. The van der Waals surface area contributed by atoms with Crippen LogP contribution < -0.4 is 15.4 Å². The second-order valence-corrected chi connectivity index (χ2v) is 5.46. The van der Waals surface area contributed by atoms with Crippen molar-refractivity contribution in [3.63, 3.8) is 0 Å². The molecule has 0 amide bonds. The lowest BCUT2D eigenvalue weighted by molar-refractivity contribution is -0.384. The number of rotatable bonds is 8. The molecule has 0 heterocycles. The van der Waals surface area contributed by atoms with Crippen molar-refractivity contribution < 1.29 is 18.4 Å². The average molecular weight is 506 g/mol. The van der Waals surface area contributed by atoms with E-state index in [9.17, 15) is 18.9 Å². The zero-order valence-electron chi connectivity index (χ0n) is 15.1. The molecule has 0 saturated heterocycles. The molecule has 2 aromatic rings. The number of alkyl halides is 2. The van der Waals surface area contributed by atoms with Gasteiger partial charge in [0, 0.05) is 30.8 Å². The largest absolute Gasteiger partial charge is 0.434 e. The molecule has 10 heteroatoms. The topological polar surface area (TPSA) is 88.8 Å². The van der Waals surface area contributed by atoms with Crippen LogP contribution in [-0.4, -0.2) is 24.0 Å². The molecular weight excluding hydrogens is 485 g/mol. The van der Waals surface area contributed by atoms with Gasteiger partial charge in [-0.25, -0.2) is 4.99 Å². The van der Waals surface area contributed by atoms with Crippen molar-refractivity contribution in [1.82, 2.24) is 10.6 Å². The molecule has 0 radical (unpaired) electrons. The van der Waals surface area contributed by atoms with Gasteiger partial charge in [0.15, 0.2) is 5.96 Å². The normalized spacial score (nSPS) is 10.9. The van der Waals surface area contributed by atoms with Crippen molar-refractivity contribution in [2.24, 2.45) is 4.99 Å². The summed E-state index contributed by atoms with van der Waals surface area (Å²) in [5, 5.41) is 16.9. The van der Waals surface area contributed by atoms with Gasteiger partial charge in [-0.3, -0.25) is 10.1 Å². The van der Waals surface area contributed by atoms with Gasteiger partial charge in [-0.05, 0) is 18.6 Å². The minimum absolute atomic E-state index is 0. The zero-order valence-corrected chi connectivity index (χ0v) is 17.4. The number of halogens is 3. The molecule has 0 bridgehead atoms. The number of hydrogen-bond acceptors (Lipinski definition) is 4. The van der Waals surface area contributed by atoms with Crippen LogP contribution in [0.25, 0.3) is 0 Å². The van der Waals surface area contributed by atoms with Gasteiger partial charge in [0.05, 0.1) is 11.5 Å². The molecule has 152 valence electrons. The predicted molar refractivity (Wildman–Crippen MR) is 113 cm³/mol. The number of aliphatic imine (C=N–C) groups is 1. The highest BCUT2D eigenvalue weighted by molar-refractivity contribution is 14.0. The molecule has 0 aliphatic heterocycles. The van der Waals surface area contributed by atoms with E-state index in [1.54, 1.807) is 30.3 Å². The Bertz CT molecular complexity index is 806. The lowest BCUT2D eigenvalue weighted by Crippen LogP contribution is -2.36. The van der Waals surface area contributed by atoms with Crippen LogP contribution in [0.15, 0.2) is 53.5 Å². The van der Waals surface area contributed by atoms with Crippen LogP contribution in [0, 0.1) is 10.1 Å². The monoisotopic (exact) mass is 506 g/mol. The van der Waals surface area contributed by atoms with E-state index in [0.29, 0.717) is 23.6 Å². The molecule has 2 rings (SSSR count). The molecule has 7 nitrogen and oxygen atoms in total. The highest BCUT2D eigenvalue weighted by Gasteiger charge is 2.10. The second-order valence-electron chi connectivity index (χ2n) is 5.46. The number of guanidine groups is 1. The molecular formula is C18H21F2IN4O3. The number of ether oxygens (including phenoxy) is 1. The van der Waals surface area contributed by atoms with E-state index in [0.717, 1.165) is 0 Å². The molecule has 28 heavy (non-hydrogen) atoms. The number of nitro groups is 1. The Morgan fingerprint density at radius 1 is 1.21 bits per heavy atom. The second kappa shape index (κ2) is 12.1. The summed E-state index contributed by atoms with van der Waals surface area (Å²) in [4.78, 5) is 14.8. The Morgan fingerprint density at radius 3 is 2.64 bits per heavy atom. The van der Waals surface area contributed by atoms with Crippen molar-refractivity contribution in [2.45, 2.75) is 26.6 Å². The van der Waals surface area contributed by atoms with Crippen LogP contribution in [0.5, 0.6) is 5.75 Å². The van der Waals surface area contributed by atoms with E-state index in [-0.39, 0.29) is 48.5 Å². The van der Waals surface area contributed by atoms with E-state index < -0.39 is 11.5 Å². The molecule has 0 spiro atoms. The third kappa shape index (κ3) is 7.62. The van der Waals surface area contributed by atoms with Crippen LogP contribution in [-0.2, 0) is 13.1 Å². The SMILES string of the molecule is CCNC(=NCc1cccc([N+](=O)[O-])c1)NCc1ccccc1OC(F)F.I. The summed E-state index contributed by atoms with van der Waals surface area (Å²) in [5.74, 6) is 0.547. The summed E-state index contributed by atoms with van der Waals surface area (Å²) >= 11 is 0. The third-order valence-corrected chi connectivity index (χ3v) is 3.52. The summed E-state index contributed by atoms with van der Waals surface area (Å²) in [7, 11) is 0. The summed E-state index contributed by atoms with van der Waals surface area (Å²) in [5.41, 5.74) is 1.24. The van der Waals surface area contributed by atoms with E-state index >= 15 is 0 Å². The lowest BCUT2D eigenvalue weighted by atomic mass is 10.2. The molecule has 2 aromatic carbocycles. The van der Waals surface area contributed by atoms with Crippen LogP contribution in [0.1, 0.15) is 18.1 Å². The molecule has 2 N–H and O–H groups in total. The fraction of sp³-hybridized carbons (Fsp3) is 0.278. The molecule has 0 saturated carbocycles. The molecule has 0 unspecified atom stereocenters. The number of nitrogens with zero attached hydrogens (tertiary/aromatic N) is 2. The van der Waals surface area contributed by atoms with Gasteiger partial charge in [0.2, 0.25) is 0 Å². The molecule has 0 aromatic heterocycles. The Hall–Kier alpha value is -2.50. The van der Waals surface area contributed by atoms with Crippen LogP contribution in [0.4, 0.5) is 14.5 Å². The number of para-hydroxylation sites is 1. The molecule has 0 aliphatic rings. The van der Waals surface area contributed by atoms with E-state index in [2.05, 4.69) is 20.4 Å². The maximum atomic E-state index is 12.5. The van der Waals surface area contributed by atoms with E-state index in [1.165, 1.54) is 18.2 Å². The average Bonchev–Trinajstić information content (AvgIpc) is 2.65. The molecule has 0 atom stereocenters. The minimum Gasteiger partial charge on any atom is -0.434 e. The first-order chi connectivity index (χ1) is 13.0. The Labute approximate surface area is 178 Å². The molecule has 0 fully saturated rings. The third-order valence-electron chi connectivity index (χ3n) is 3.52. The number of hydrogen-bond donors (Lipinski definition) is 2. The van der Waals surface area contributed by atoms with Crippen molar-refractivity contribution in [3.05, 3.63) is 69.8 Å². The minimum atomic E-state index is -2.90. The number of nitrogens with one attached hydrogen (secondary N) is 2. The first-order valence-corrected chi connectivity index (χ1v) is 8.27. The smallest absolute Gasteiger partial charge is 0.387 e. The first kappa shape index (κ1) is 23.5. The summed E-state index contributed by atoms with van der Waals surface area (Å²) < 4.78 is 29.5. The van der Waals surface area contributed by atoms with Crippen LogP contribution >= 0.6 is 24.0 Å². The summed E-state index contributed by atoms with van der Waals surface area (Å²) in [6.45, 7) is 0.0338. The van der Waals surface area contributed by atoms with E-state index in [4.69, 9.17) is 0 Å². The highest BCUT2D eigenvalue weighted by Crippen LogP contribution is 2.20. The van der Waals surface area contributed by atoms with Gasteiger partial charge < -0.3 is 15.4 Å². The summed E-state index contributed by atoms with van der Waals surface area (Å²) in [6, 6.07) is 12.7. The van der Waals surface area contributed by atoms with Crippen molar-refractivity contribution in [1.29, 1.82) is 0 Å². The maximum absolute atomic E-state index is 12.5. The Balaban J connectivity index is 0.00000392. The predicted octanol–water partition coefficient (Wildman–Crippen LogP) is 4.07. The van der Waals surface area contributed by atoms with Gasteiger partial charge in [-0.2, -0.15) is 8.78 Å². The quantitative estimate of drug-likeness (QED) is 0.185. The fourth-order valence-corrected chi connectivity index (χ4v) is 2.32. The van der Waals surface area contributed by atoms with Crippen LogP contribution in [0.3, 0.4) is 0 Å². The summed E-state index contributed by atoms with van der Waals surface area (Å²) in [6.07, 6.45) is 0. The van der Waals surface area contributed by atoms with Gasteiger partial charge in [-0.1, -0.05) is 30.3 Å². The standard InChI is InChI=1S/C18H20F2N4O3.HI/c1-2-21-18(22-11-13-6-5-8-15(10-13)24(25)26)23-12-14-7-3-4-9-16(14)27-17(19)20;/h3-10,17H,2,11-12H2,1H3,(H2,21,22,23);1H. The van der Waals surface area contributed by atoms with Crippen LogP contribution in [0.2, 0.25) is 0 Å². The van der Waals surface area contributed by atoms with Gasteiger partial charge in [0.25, 0.3) is 5.69 Å². The fourth-order valence-electron chi connectivity index (χ4n) is 2.32. The van der Waals surface area contributed by atoms with Crippen molar-refractivity contribution in [3.8, 4) is 5.75 Å². The number of nitro benzene ring substituents is 1.